The monoisotopic (exact) mass is 297 g/mol. The molecule has 118 valence electrons. The Hall–Kier alpha value is -1.04. The first-order chi connectivity index (χ1) is 10.1. The first kappa shape index (κ1) is 16.3. The second-order valence-electron chi connectivity index (χ2n) is 5.76. The predicted octanol–water partition coefficient (Wildman–Crippen LogP) is 2.65. The summed E-state index contributed by atoms with van der Waals surface area (Å²) in [6.07, 6.45) is -1.35. The molecule has 0 aromatic heterocycles. The Morgan fingerprint density at radius 3 is 2.62 bits per heavy atom. The van der Waals surface area contributed by atoms with E-state index in [-0.39, 0.29) is 11.6 Å². The van der Waals surface area contributed by atoms with E-state index in [0.29, 0.717) is 12.6 Å². The molecule has 1 aliphatic rings. The Labute approximate surface area is 125 Å². The van der Waals surface area contributed by atoms with E-state index in [2.05, 4.69) is 23.8 Å². The lowest BCUT2D eigenvalue weighted by molar-refractivity contribution is 0.0642. The normalized spacial score (nSPS) is 22.7. The third-order valence-corrected chi connectivity index (χ3v) is 4.49. The summed E-state index contributed by atoms with van der Waals surface area (Å²) in [5.74, 6) is 0. The quantitative estimate of drug-likeness (QED) is 0.907. The highest BCUT2D eigenvalue weighted by atomic mass is 19.3. The van der Waals surface area contributed by atoms with Crippen LogP contribution in [0.3, 0.4) is 0 Å². The van der Waals surface area contributed by atoms with E-state index in [0.717, 1.165) is 31.6 Å². The minimum atomic E-state index is -2.43. The first-order valence-corrected chi connectivity index (χ1v) is 7.59. The zero-order chi connectivity index (χ0) is 15.4. The summed E-state index contributed by atoms with van der Waals surface area (Å²) in [4.78, 5) is 4.69. The van der Waals surface area contributed by atoms with E-state index in [4.69, 9.17) is 5.73 Å². The molecule has 1 saturated heterocycles. The van der Waals surface area contributed by atoms with Gasteiger partial charge in [-0.15, -0.1) is 0 Å². The maximum Gasteiger partial charge on any atom is 0.263 e. The van der Waals surface area contributed by atoms with Gasteiger partial charge >= 0.3 is 0 Å². The van der Waals surface area contributed by atoms with Crippen LogP contribution in [-0.2, 0) is 0 Å². The molecule has 0 saturated carbocycles. The second-order valence-corrected chi connectivity index (χ2v) is 5.76. The van der Waals surface area contributed by atoms with Gasteiger partial charge in [-0.2, -0.15) is 0 Å². The van der Waals surface area contributed by atoms with E-state index in [9.17, 15) is 8.78 Å². The van der Waals surface area contributed by atoms with Crippen LogP contribution in [0.4, 0.5) is 8.78 Å². The molecule has 21 heavy (non-hydrogen) atoms. The van der Waals surface area contributed by atoms with Crippen LogP contribution in [0.25, 0.3) is 0 Å². The molecule has 2 N–H and O–H groups in total. The predicted molar refractivity (Wildman–Crippen MR) is 81.5 cm³/mol. The second kappa shape index (κ2) is 7.29. The molecule has 0 amide bonds. The van der Waals surface area contributed by atoms with E-state index in [1.165, 1.54) is 6.07 Å². The molecule has 2 atom stereocenters. The van der Waals surface area contributed by atoms with Crippen LogP contribution < -0.4 is 5.73 Å². The van der Waals surface area contributed by atoms with Crippen molar-refractivity contribution >= 4 is 0 Å². The van der Waals surface area contributed by atoms with Gasteiger partial charge in [-0.25, -0.2) is 8.78 Å². The van der Waals surface area contributed by atoms with E-state index in [1.54, 1.807) is 12.1 Å². The van der Waals surface area contributed by atoms with Crippen molar-refractivity contribution in [3.63, 3.8) is 0 Å². The van der Waals surface area contributed by atoms with Crippen LogP contribution in [0.2, 0.25) is 0 Å². The Bertz CT molecular complexity index is 453. The zero-order valence-corrected chi connectivity index (χ0v) is 12.8. The van der Waals surface area contributed by atoms with Crippen molar-refractivity contribution in [1.29, 1.82) is 0 Å². The van der Waals surface area contributed by atoms with Gasteiger partial charge < -0.3 is 10.6 Å². The van der Waals surface area contributed by atoms with Gasteiger partial charge in [-0.1, -0.05) is 25.1 Å². The molecule has 1 aromatic carbocycles. The molecule has 1 heterocycles. The van der Waals surface area contributed by atoms with Crippen LogP contribution in [0.5, 0.6) is 0 Å². The number of benzene rings is 1. The van der Waals surface area contributed by atoms with Gasteiger partial charge in [0.15, 0.2) is 0 Å². The van der Waals surface area contributed by atoms with Gasteiger partial charge in [-0.05, 0) is 25.1 Å². The van der Waals surface area contributed by atoms with Gasteiger partial charge in [0, 0.05) is 43.8 Å². The summed E-state index contributed by atoms with van der Waals surface area (Å²) >= 11 is 0. The van der Waals surface area contributed by atoms with Crippen molar-refractivity contribution < 1.29 is 8.78 Å². The van der Waals surface area contributed by atoms with Crippen molar-refractivity contribution in [3.05, 3.63) is 35.4 Å². The summed E-state index contributed by atoms with van der Waals surface area (Å²) in [5, 5.41) is 0. The summed E-state index contributed by atoms with van der Waals surface area (Å²) in [6, 6.07) is 7.20. The molecule has 0 radical (unpaired) electrons. The Morgan fingerprint density at radius 2 is 2.00 bits per heavy atom. The van der Waals surface area contributed by atoms with Gasteiger partial charge in [0.1, 0.15) is 0 Å². The lowest BCUT2D eigenvalue weighted by Crippen LogP contribution is -2.53. The summed E-state index contributed by atoms with van der Waals surface area (Å²) < 4.78 is 25.7. The molecule has 0 aliphatic carbocycles. The van der Waals surface area contributed by atoms with Crippen molar-refractivity contribution in [1.82, 2.24) is 9.80 Å². The third-order valence-electron chi connectivity index (χ3n) is 4.49. The molecule has 1 aromatic rings. The number of halogens is 2. The maximum atomic E-state index is 12.9. The smallest absolute Gasteiger partial charge is 0.263 e. The molecule has 1 aliphatic heterocycles. The van der Waals surface area contributed by atoms with Crippen LogP contribution in [-0.4, -0.2) is 49.1 Å². The number of hydrogen-bond donors (Lipinski definition) is 1. The van der Waals surface area contributed by atoms with Crippen molar-refractivity contribution in [2.24, 2.45) is 5.73 Å². The van der Waals surface area contributed by atoms with Crippen LogP contribution >= 0.6 is 0 Å². The average molecular weight is 297 g/mol. The number of rotatable bonds is 5. The number of likely N-dealkylation sites (N-methyl/N-ethyl adjacent to an activating group) is 1. The lowest BCUT2D eigenvalue weighted by Gasteiger charge is -2.42. The standard InChI is InChI=1S/C16H25F2N3/c1-3-14-11-21(8-7-20(14)2)15(10-19)12-5-4-6-13(9-12)16(17)18/h4-6,9,14-16H,3,7-8,10-11,19H2,1-2H3. The highest BCUT2D eigenvalue weighted by Gasteiger charge is 2.28. The largest absolute Gasteiger partial charge is 0.329 e. The molecule has 5 heteroatoms. The summed E-state index contributed by atoms with van der Waals surface area (Å²) in [5.41, 5.74) is 6.91. The van der Waals surface area contributed by atoms with Crippen LogP contribution in [0.15, 0.2) is 24.3 Å². The molecule has 2 rings (SSSR count). The van der Waals surface area contributed by atoms with Crippen LogP contribution in [0, 0.1) is 0 Å². The number of hydrogen-bond acceptors (Lipinski definition) is 3. The van der Waals surface area contributed by atoms with E-state index < -0.39 is 6.43 Å². The molecule has 1 fully saturated rings. The highest BCUT2D eigenvalue weighted by Crippen LogP contribution is 2.27. The molecule has 3 nitrogen and oxygen atoms in total. The lowest BCUT2D eigenvalue weighted by atomic mass is 10.00. The minimum Gasteiger partial charge on any atom is -0.329 e. The van der Waals surface area contributed by atoms with Crippen molar-refractivity contribution in [2.45, 2.75) is 31.9 Å². The fraction of sp³-hybridized carbons (Fsp3) is 0.625. The first-order valence-electron chi connectivity index (χ1n) is 7.59. The summed E-state index contributed by atoms with van der Waals surface area (Å²) in [7, 11) is 2.14. The Balaban J connectivity index is 2.17. The van der Waals surface area contributed by atoms with Crippen molar-refractivity contribution in [3.8, 4) is 0 Å². The van der Waals surface area contributed by atoms with Gasteiger partial charge in [-0.3, -0.25) is 4.90 Å². The molecule has 0 bridgehead atoms. The Kier molecular flexibility index (Phi) is 5.67. The minimum absolute atomic E-state index is 0.0199. The fourth-order valence-corrected chi connectivity index (χ4v) is 3.09. The zero-order valence-electron chi connectivity index (χ0n) is 12.8. The SMILES string of the molecule is CCC1CN(C(CN)c2cccc(C(F)F)c2)CCN1C. The number of nitrogens with zero attached hydrogens (tertiary/aromatic N) is 2. The topological polar surface area (TPSA) is 32.5 Å². The van der Waals surface area contributed by atoms with Gasteiger partial charge in [0.05, 0.1) is 0 Å². The highest BCUT2D eigenvalue weighted by molar-refractivity contribution is 5.27. The summed E-state index contributed by atoms with van der Waals surface area (Å²) in [6.45, 7) is 5.48. The van der Waals surface area contributed by atoms with E-state index in [1.807, 2.05) is 6.07 Å². The van der Waals surface area contributed by atoms with Gasteiger partial charge in [0.2, 0.25) is 0 Å². The Morgan fingerprint density at radius 1 is 1.29 bits per heavy atom. The molecular formula is C16H25F2N3. The molecule has 2 unspecified atom stereocenters. The number of piperazine rings is 1. The maximum absolute atomic E-state index is 12.9. The molecule has 0 spiro atoms. The van der Waals surface area contributed by atoms with Crippen LogP contribution in [0.1, 0.15) is 36.9 Å². The fourth-order valence-electron chi connectivity index (χ4n) is 3.09. The molecular weight excluding hydrogens is 272 g/mol. The van der Waals surface area contributed by atoms with Gasteiger partial charge in [0.25, 0.3) is 6.43 Å². The average Bonchev–Trinajstić information content (AvgIpc) is 2.50. The van der Waals surface area contributed by atoms with E-state index >= 15 is 0 Å². The third kappa shape index (κ3) is 3.78. The number of alkyl halides is 2. The number of nitrogens with two attached hydrogens (primary N) is 1. The van der Waals surface area contributed by atoms with Crippen molar-refractivity contribution in [2.75, 3.05) is 33.2 Å².